The zero-order valence-electron chi connectivity index (χ0n) is 17.8. The lowest BCUT2D eigenvalue weighted by Gasteiger charge is -2.62. The smallest absolute Gasteiger partial charge is 0.166 e. The summed E-state index contributed by atoms with van der Waals surface area (Å²) >= 11 is 0. The SMILES string of the molecule is CCCCN1CC[C@]23c4c5ccc(O)c4O[C@H]2c2[nH]c4ccccc4c2C[C@@]3(O)[C@@H]1C5. The molecule has 31 heavy (non-hydrogen) atoms. The predicted molar refractivity (Wildman–Crippen MR) is 119 cm³/mol. The summed E-state index contributed by atoms with van der Waals surface area (Å²) in [7, 11) is 0. The second-order valence-corrected chi connectivity index (χ2v) is 9.94. The zero-order chi connectivity index (χ0) is 21.0. The average Bonchev–Trinajstić information content (AvgIpc) is 3.30. The Morgan fingerprint density at radius 1 is 1.23 bits per heavy atom. The minimum Gasteiger partial charge on any atom is -0.504 e. The highest BCUT2D eigenvalue weighted by atomic mass is 16.5. The normalized spacial score (nSPS) is 32.6. The van der Waals surface area contributed by atoms with Crippen molar-refractivity contribution >= 4 is 10.9 Å². The maximum Gasteiger partial charge on any atom is 0.166 e. The molecule has 5 heteroatoms. The van der Waals surface area contributed by atoms with Gasteiger partial charge < -0.3 is 19.9 Å². The molecule has 2 aromatic carbocycles. The summed E-state index contributed by atoms with van der Waals surface area (Å²) in [5.41, 5.74) is 4.20. The van der Waals surface area contributed by atoms with Crippen LogP contribution >= 0.6 is 0 Å². The lowest BCUT2D eigenvalue weighted by molar-refractivity contribution is -0.172. The van der Waals surface area contributed by atoms with Crippen LogP contribution in [0.2, 0.25) is 0 Å². The van der Waals surface area contributed by atoms with Crippen LogP contribution in [0.15, 0.2) is 36.4 Å². The number of hydrogen-bond acceptors (Lipinski definition) is 4. The second-order valence-electron chi connectivity index (χ2n) is 9.94. The molecule has 2 aliphatic carbocycles. The number of aromatic amines is 1. The molecule has 2 bridgehead atoms. The summed E-state index contributed by atoms with van der Waals surface area (Å²) in [5, 5.41) is 24.6. The van der Waals surface area contributed by atoms with Crippen LogP contribution < -0.4 is 4.74 Å². The Labute approximate surface area is 181 Å². The molecule has 3 aromatic rings. The predicted octanol–water partition coefficient (Wildman–Crippen LogP) is 3.96. The number of aromatic nitrogens is 1. The molecular weight excluding hydrogens is 388 g/mol. The van der Waals surface area contributed by atoms with E-state index < -0.39 is 11.0 Å². The maximum absolute atomic E-state index is 12.7. The van der Waals surface area contributed by atoms with Gasteiger partial charge in [-0.2, -0.15) is 0 Å². The summed E-state index contributed by atoms with van der Waals surface area (Å²) in [6.45, 7) is 4.20. The molecule has 160 valence electrons. The number of likely N-dealkylation sites (tertiary alicyclic amines) is 1. The summed E-state index contributed by atoms with van der Waals surface area (Å²) in [6, 6.07) is 12.2. The first kappa shape index (κ1) is 18.1. The molecule has 2 aliphatic heterocycles. The first-order chi connectivity index (χ1) is 15.1. The number of rotatable bonds is 3. The molecule has 0 unspecified atom stereocenters. The number of nitrogens with zero attached hydrogens (tertiary/aromatic N) is 1. The van der Waals surface area contributed by atoms with Crippen molar-refractivity contribution in [2.75, 3.05) is 13.1 Å². The number of aliphatic hydroxyl groups is 1. The lowest BCUT2D eigenvalue weighted by Crippen LogP contribution is -2.74. The van der Waals surface area contributed by atoms with E-state index in [1.165, 1.54) is 16.5 Å². The van der Waals surface area contributed by atoms with E-state index in [2.05, 4.69) is 41.1 Å². The first-order valence-corrected chi connectivity index (χ1v) is 11.7. The fraction of sp³-hybridized carbons (Fsp3) is 0.462. The van der Waals surface area contributed by atoms with Gasteiger partial charge in [0.1, 0.15) is 0 Å². The molecule has 1 aromatic heterocycles. The Morgan fingerprint density at radius 3 is 2.97 bits per heavy atom. The minimum atomic E-state index is -0.923. The van der Waals surface area contributed by atoms with E-state index in [4.69, 9.17) is 4.74 Å². The number of unbranched alkanes of at least 4 members (excludes halogenated alkanes) is 1. The van der Waals surface area contributed by atoms with Crippen molar-refractivity contribution in [3.05, 3.63) is 58.8 Å². The van der Waals surface area contributed by atoms with Crippen LogP contribution in [0.3, 0.4) is 0 Å². The highest BCUT2D eigenvalue weighted by molar-refractivity contribution is 5.86. The van der Waals surface area contributed by atoms with Gasteiger partial charge in [-0.15, -0.1) is 0 Å². The van der Waals surface area contributed by atoms with Gasteiger partial charge in [-0.05, 0) is 55.6 Å². The van der Waals surface area contributed by atoms with Gasteiger partial charge in [0.2, 0.25) is 0 Å². The lowest BCUT2D eigenvalue weighted by atomic mass is 9.49. The molecule has 3 heterocycles. The van der Waals surface area contributed by atoms with Gasteiger partial charge in [-0.3, -0.25) is 4.90 Å². The van der Waals surface area contributed by atoms with E-state index in [0.717, 1.165) is 55.5 Å². The number of H-pyrrole nitrogens is 1. The molecule has 4 atom stereocenters. The molecule has 5 nitrogen and oxygen atoms in total. The Kier molecular flexibility index (Phi) is 3.41. The molecule has 7 rings (SSSR count). The largest absolute Gasteiger partial charge is 0.504 e. The van der Waals surface area contributed by atoms with E-state index in [1.807, 2.05) is 6.07 Å². The van der Waals surface area contributed by atoms with Crippen molar-refractivity contribution in [3.8, 4) is 11.5 Å². The van der Waals surface area contributed by atoms with Crippen LogP contribution in [-0.2, 0) is 18.3 Å². The van der Waals surface area contributed by atoms with E-state index in [9.17, 15) is 10.2 Å². The van der Waals surface area contributed by atoms with E-state index in [1.54, 1.807) is 6.07 Å². The summed E-state index contributed by atoms with van der Waals surface area (Å²) in [4.78, 5) is 6.16. The van der Waals surface area contributed by atoms with Gasteiger partial charge >= 0.3 is 0 Å². The van der Waals surface area contributed by atoms with Crippen LogP contribution in [-0.4, -0.2) is 44.8 Å². The highest BCUT2D eigenvalue weighted by Gasteiger charge is 2.72. The quantitative estimate of drug-likeness (QED) is 0.605. The molecule has 1 fully saturated rings. The van der Waals surface area contributed by atoms with Crippen LogP contribution in [0.1, 0.15) is 54.7 Å². The number of phenols is 1. The minimum absolute atomic E-state index is 0.0590. The third-order valence-corrected chi connectivity index (χ3v) is 8.68. The first-order valence-electron chi connectivity index (χ1n) is 11.7. The van der Waals surface area contributed by atoms with Crippen molar-refractivity contribution < 1.29 is 14.9 Å². The second kappa shape index (κ2) is 5.84. The molecular formula is C26H28N2O3. The Hall–Kier alpha value is -2.50. The van der Waals surface area contributed by atoms with E-state index >= 15 is 0 Å². The molecule has 1 saturated heterocycles. The van der Waals surface area contributed by atoms with Crippen molar-refractivity contribution in [3.63, 3.8) is 0 Å². The number of phenolic OH excluding ortho intramolecular Hbond substituents is 1. The monoisotopic (exact) mass is 416 g/mol. The van der Waals surface area contributed by atoms with E-state index in [0.29, 0.717) is 12.2 Å². The van der Waals surface area contributed by atoms with Crippen molar-refractivity contribution in [1.29, 1.82) is 0 Å². The number of hydrogen-bond donors (Lipinski definition) is 3. The van der Waals surface area contributed by atoms with Crippen molar-refractivity contribution in [2.24, 2.45) is 0 Å². The number of nitrogens with one attached hydrogen (secondary N) is 1. The molecule has 4 aliphatic rings. The Bertz CT molecular complexity index is 1230. The fourth-order valence-electron chi connectivity index (χ4n) is 7.35. The van der Waals surface area contributed by atoms with Crippen molar-refractivity contribution in [1.82, 2.24) is 9.88 Å². The molecule has 3 N–H and O–H groups in total. The van der Waals surface area contributed by atoms with Gasteiger partial charge in [0.15, 0.2) is 17.6 Å². The number of piperidine rings is 1. The molecule has 1 spiro atoms. The van der Waals surface area contributed by atoms with Gasteiger partial charge in [0, 0.05) is 28.9 Å². The topological polar surface area (TPSA) is 68.7 Å². The summed E-state index contributed by atoms with van der Waals surface area (Å²) < 4.78 is 6.59. The third-order valence-electron chi connectivity index (χ3n) is 8.68. The molecule has 0 amide bonds. The van der Waals surface area contributed by atoms with Crippen LogP contribution in [0, 0.1) is 0 Å². The number of para-hydroxylation sites is 1. The number of aromatic hydroxyl groups is 1. The summed E-state index contributed by atoms with van der Waals surface area (Å²) in [5.74, 6) is 0.780. The van der Waals surface area contributed by atoms with Crippen LogP contribution in [0.5, 0.6) is 11.5 Å². The van der Waals surface area contributed by atoms with Crippen molar-refractivity contribution in [2.45, 2.75) is 62.2 Å². The number of benzene rings is 2. The number of ether oxygens (including phenoxy) is 1. The Morgan fingerprint density at radius 2 is 2.10 bits per heavy atom. The molecule has 0 saturated carbocycles. The highest BCUT2D eigenvalue weighted by Crippen LogP contribution is 2.68. The van der Waals surface area contributed by atoms with Gasteiger partial charge in [0.25, 0.3) is 0 Å². The average molecular weight is 417 g/mol. The Balaban J connectivity index is 1.52. The fourth-order valence-corrected chi connectivity index (χ4v) is 7.35. The standard InChI is InChI=1S/C26H28N2O3/c1-2-3-11-28-12-10-25-21-15-8-9-19(29)23(21)31-24(25)22-17(14-26(25,30)20(28)13-15)16-6-4-5-7-18(16)27-22/h4-9,20,24,27,29-30H,2-3,10-14H2,1H3/t20-,24-,25-,26+/m0/s1. The molecule has 0 radical (unpaired) electrons. The van der Waals surface area contributed by atoms with Crippen LogP contribution in [0.4, 0.5) is 0 Å². The zero-order valence-corrected chi connectivity index (χ0v) is 17.8. The van der Waals surface area contributed by atoms with Gasteiger partial charge in [0.05, 0.1) is 16.7 Å². The summed E-state index contributed by atoms with van der Waals surface area (Å²) in [6.07, 6.45) is 4.26. The number of fused-ring (bicyclic) bond motifs is 4. The third kappa shape index (κ3) is 1.96. The van der Waals surface area contributed by atoms with Crippen LogP contribution in [0.25, 0.3) is 10.9 Å². The van der Waals surface area contributed by atoms with Gasteiger partial charge in [-0.1, -0.05) is 37.6 Å². The van der Waals surface area contributed by atoms with E-state index in [-0.39, 0.29) is 17.9 Å². The maximum atomic E-state index is 12.7. The van der Waals surface area contributed by atoms with Gasteiger partial charge in [-0.25, -0.2) is 0 Å².